The molecule has 26 heavy (non-hydrogen) atoms. The summed E-state index contributed by atoms with van der Waals surface area (Å²) in [5.74, 6) is -0.224. The average Bonchev–Trinajstić information content (AvgIpc) is 2.62. The number of benzene rings is 3. The lowest BCUT2D eigenvalue weighted by Crippen LogP contribution is -2.13. The third-order valence-corrected chi connectivity index (χ3v) is 4.66. The Morgan fingerprint density at radius 2 is 1.50 bits per heavy atom. The predicted molar refractivity (Wildman–Crippen MR) is 109 cm³/mol. The summed E-state index contributed by atoms with van der Waals surface area (Å²) in [6.07, 6.45) is 1.87. The normalized spacial score (nSPS) is 10.6. The Kier molecular flexibility index (Phi) is 5.97. The predicted octanol–water partition coefficient (Wildman–Crippen LogP) is 6.34. The smallest absolute Gasteiger partial charge is 0.255 e. The van der Waals surface area contributed by atoms with E-state index in [1.165, 1.54) is 11.1 Å². The number of hydrogen-bond acceptors (Lipinski definition) is 1. The molecule has 2 nitrogen and oxygen atoms in total. The second-order valence-electron chi connectivity index (χ2n) is 6.25. The number of amides is 1. The van der Waals surface area contributed by atoms with E-state index in [-0.39, 0.29) is 5.91 Å². The van der Waals surface area contributed by atoms with Crippen molar-refractivity contribution in [3.8, 4) is 0 Å². The van der Waals surface area contributed by atoms with Gasteiger partial charge in [0, 0.05) is 21.3 Å². The highest BCUT2D eigenvalue weighted by molar-refractivity contribution is 6.35. The highest BCUT2D eigenvalue weighted by atomic mass is 35.5. The third-order valence-electron chi connectivity index (χ3n) is 4.22. The number of rotatable bonds is 5. The minimum atomic E-state index is -0.224. The number of halogens is 2. The molecule has 0 bridgehead atoms. The highest BCUT2D eigenvalue weighted by Crippen LogP contribution is 2.22. The molecule has 0 aliphatic heterocycles. The van der Waals surface area contributed by atoms with E-state index in [9.17, 15) is 4.79 Å². The fraction of sp³-hybridized carbons (Fsp3) is 0.136. The first-order valence-corrected chi connectivity index (χ1v) is 9.18. The van der Waals surface area contributed by atoms with Crippen LogP contribution in [0.1, 0.15) is 27.0 Å². The monoisotopic (exact) mass is 383 g/mol. The molecule has 0 unspecified atom stereocenters. The summed E-state index contributed by atoms with van der Waals surface area (Å²) in [6.45, 7) is 1.97. The highest BCUT2D eigenvalue weighted by Gasteiger charge is 2.10. The Balaban J connectivity index is 1.74. The fourth-order valence-corrected chi connectivity index (χ4v) is 3.30. The molecule has 0 saturated carbocycles. The van der Waals surface area contributed by atoms with Gasteiger partial charge in [0.15, 0.2) is 0 Å². The Hall–Kier alpha value is -2.29. The van der Waals surface area contributed by atoms with Crippen molar-refractivity contribution in [3.05, 3.63) is 99.0 Å². The molecule has 1 amide bonds. The molecule has 3 aromatic carbocycles. The first-order chi connectivity index (χ1) is 12.5. The van der Waals surface area contributed by atoms with E-state index in [0.29, 0.717) is 15.6 Å². The quantitative estimate of drug-likeness (QED) is 0.546. The van der Waals surface area contributed by atoms with Gasteiger partial charge in [-0.25, -0.2) is 0 Å². The van der Waals surface area contributed by atoms with Crippen molar-refractivity contribution in [3.63, 3.8) is 0 Å². The summed E-state index contributed by atoms with van der Waals surface area (Å²) in [5.41, 5.74) is 4.73. The van der Waals surface area contributed by atoms with Crippen molar-refractivity contribution < 1.29 is 4.79 Å². The van der Waals surface area contributed by atoms with Gasteiger partial charge >= 0.3 is 0 Å². The standard InChI is InChI=1S/C22H19Cl2NO/c1-15-7-8-17(10-9-16-5-3-2-4-6-16)11-21(15)25-22(26)18-12-19(23)14-20(24)13-18/h2-8,11-14H,9-10H2,1H3,(H,25,26). The van der Waals surface area contributed by atoms with Gasteiger partial charge in [-0.3, -0.25) is 4.79 Å². The maximum Gasteiger partial charge on any atom is 0.255 e. The van der Waals surface area contributed by atoms with Gasteiger partial charge in [-0.15, -0.1) is 0 Å². The molecule has 132 valence electrons. The van der Waals surface area contributed by atoms with Crippen LogP contribution in [0.15, 0.2) is 66.7 Å². The number of carbonyl (C=O) groups is 1. The van der Waals surface area contributed by atoms with E-state index >= 15 is 0 Å². The van der Waals surface area contributed by atoms with Crippen LogP contribution in [0.5, 0.6) is 0 Å². The van der Waals surface area contributed by atoms with Crippen LogP contribution in [0.4, 0.5) is 5.69 Å². The van der Waals surface area contributed by atoms with Gasteiger partial charge in [0.25, 0.3) is 5.91 Å². The second-order valence-corrected chi connectivity index (χ2v) is 7.12. The summed E-state index contributed by atoms with van der Waals surface area (Å²) in [5, 5.41) is 3.84. The van der Waals surface area contributed by atoms with E-state index in [1.807, 2.05) is 37.3 Å². The SMILES string of the molecule is Cc1ccc(CCc2ccccc2)cc1NC(=O)c1cc(Cl)cc(Cl)c1. The minimum Gasteiger partial charge on any atom is -0.322 e. The molecular weight excluding hydrogens is 365 g/mol. The zero-order valence-electron chi connectivity index (χ0n) is 14.4. The van der Waals surface area contributed by atoms with Crippen molar-refractivity contribution in [2.75, 3.05) is 5.32 Å². The molecule has 3 rings (SSSR count). The van der Waals surface area contributed by atoms with E-state index in [2.05, 4.69) is 23.5 Å². The van der Waals surface area contributed by atoms with Gasteiger partial charge in [-0.1, -0.05) is 65.7 Å². The van der Waals surface area contributed by atoms with Crippen molar-refractivity contribution >= 4 is 34.8 Å². The van der Waals surface area contributed by atoms with Gasteiger partial charge in [0.05, 0.1) is 0 Å². The van der Waals surface area contributed by atoms with Crippen LogP contribution >= 0.6 is 23.2 Å². The van der Waals surface area contributed by atoms with Crippen LogP contribution in [0.25, 0.3) is 0 Å². The molecule has 0 fully saturated rings. The average molecular weight is 384 g/mol. The van der Waals surface area contributed by atoms with E-state index < -0.39 is 0 Å². The maximum atomic E-state index is 12.5. The van der Waals surface area contributed by atoms with Crippen LogP contribution in [0, 0.1) is 6.92 Å². The summed E-state index contributed by atoms with van der Waals surface area (Å²) < 4.78 is 0. The molecule has 0 spiro atoms. The Labute approximate surface area is 163 Å². The molecule has 0 aliphatic rings. The summed E-state index contributed by atoms with van der Waals surface area (Å²) in [4.78, 5) is 12.5. The lowest BCUT2D eigenvalue weighted by atomic mass is 10.0. The number of aryl methyl sites for hydroxylation is 3. The molecule has 4 heteroatoms. The number of anilines is 1. The van der Waals surface area contributed by atoms with Crippen LogP contribution in [-0.2, 0) is 12.8 Å². The lowest BCUT2D eigenvalue weighted by Gasteiger charge is -2.11. The number of carbonyl (C=O) groups excluding carboxylic acids is 1. The fourth-order valence-electron chi connectivity index (χ4n) is 2.77. The van der Waals surface area contributed by atoms with Gasteiger partial charge in [-0.2, -0.15) is 0 Å². The Morgan fingerprint density at radius 1 is 0.846 bits per heavy atom. The summed E-state index contributed by atoms with van der Waals surface area (Å²) in [6, 6.07) is 21.3. The second kappa shape index (κ2) is 8.39. The molecule has 0 saturated heterocycles. The molecule has 3 aromatic rings. The van der Waals surface area contributed by atoms with Gasteiger partial charge in [-0.05, 0) is 60.7 Å². The number of nitrogens with one attached hydrogen (secondary N) is 1. The lowest BCUT2D eigenvalue weighted by molar-refractivity contribution is 0.102. The van der Waals surface area contributed by atoms with E-state index in [0.717, 1.165) is 24.1 Å². The molecule has 0 aliphatic carbocycles. The molecular formula is C22H19Cl2NO. The minimum absolute atomic E-state index is 0.224. The zero-order valence-corrected chi connectivity index (χ0v) is 15.9. The van der Waals surface area contributed by atoms with Gasteiger partial charge in [0.1, 0.15) is 0 Å². The topological polar surface area (TPSA) is 29.1 Å². The summed E-state index contributed by atoms with van der Waals surface area (Å²) >= 11 is 12.0. The van der Waals surface area contributed by atoms with Crippen LogP contribution in [-0.4, -0.2) is 5.91 Å². The van der Waals surface area contributed by atoms with Crippen molar-refractivity contribution in [1.29, 1.82) is 0 Å². The number of hydrogen-bond donors (Lipinski definition) is 1. The van der Waals surface area contributed by atoms with E-state index in [4.69, 9.17) is 23.2 Å². The third kappa shape index (κ3) is 4.87. The largest absolute Gasteiger partial charge is 0.322 e. The van der Waals surface area contributed by atoms with Crippen molar-refractivity contribution in [2.45, 2.75) is 19.8 Å². The maximum absolute atomic E-state index is 12.5. The first kappa shape index (κ1) is 18.5. The van der Waals surface area contributed by atoms with Crippen LogP contribution in [0.3, 0.4) is 0 Å². The first-order valence-electron chi connectivity index (χ1n) is 8.42. The molecule has 1 N–H and O–H groups in total. The van der Waals surface area contributed by atoms with Gasteiger partial charge < -0.3 is 5.32 Å². The van der Waals surface area contributed by atoms with Crippen molar-refractivity contribution in [1.82, 2.24) is 0 Å². The Morgan fingerprint density at radius 3 is 2.19 bits per heavy atom. The zero-order chi connectivity index (χ0) is 18.5. The van der Waals surface area contributed by atoms with Crippen LogP contribution < -0.4 is 5.32 Å². The van der Waals surface area contributed by atoms with E-state index in [1.54, 1.807) is 18.2 Å². The summed E-state index contributed by atoms with van der Waals surface area (Å²) in [7, 11) is 0. The Bertz CT molecular complexity index is 902. The van der Waals surface area contributed by atoms with Crippen LogP contribution in [0.2, 0.25) is 10.0 Å². The molecule has 0 atom stereocenters. The van der Waals surface area contributed by atoms with Crippen molar-refractivity contribution in [2.24, 2.45) is 0 Å². The van der Waals surface area contributed by atoms with Gasteiger partial charge in [0.2, 0.25) is 0 Å². The molecule has 0 heterocycles. The molecule has 0 radical (unpaired) electrons. The molecule has 0 aromatic heterocycles.